The first-order valence-electron chi connectivity index (χ1n) is 12.7. The molecule has 2 saturated heterocycles. The minimum atomic E-state index is -4.66. The SMILES string of the molecule is C=CCN1CC2CCC1([C@@H](NC(=O)c1cccc(C(F)(F)F)c1Cl)c1cccc(-c3cnn(C)c3)c1)CC2. The van der Waals surface area contributed by atoms with Crippen LogP contribution in [0.4, 0.5) is 13.2 Å². The maximum atomic E-state index is 13.6. The number of piperidine rings is 2. The zero-order valence-corrected chi connectivity index (χ0v) is 21.9. The van der Waals surface area contributed by atoms with Gasteiger partial charge in [-0.3, -0.25) is 14.4 Å². The third-order valence-corrected chi connectivity index (χ3v) is 8.46. The van der Waals surface area contributed by atoms with Gasteiger partial charge >= 0.3 is 6.18 Å². The van der Waals surface area contributed by atoms with Crippen LogP contribution in [0.3, 0.4) is 0 Å². The number of amides is 1. The molecule has 3 fully saturated rings. The first kappa shape index (κ1) is 26.5. The molecule has 1 atom stereocenters. The Bertz CT molecular complexity index is 1340. The van der Waals surface area contributed by atoms with Gasteiger partial charge in [0.15, 0.2) is 0 Å². The predicted molar refractivity (Wildman–Crippen MR) is 142 cm³/mol. The molecule has 2 bridgehead atoms. The van der Waals surface area contributed by atoms with E-state index in [-0.39, 0.29) is 5.56 Å². The van der Waals surface area contributed by atoms with Crippen molar-refractivity contribution >= 4 is 17.5 Å². The van der Waals surface area contributed by atoms with E-state index < -0.39 is 34.3 Å². The molecule has 3 aromatic rings. The van der Waals surface area contributed by atoms with Gasteiger partial charge in [-0.1, -0.05) is 41.9 Å². The average Bonchev–Trinajstić information content (AvgIpc) is 3.34. The molecular formula is C29H30ClF3N4O. The van der Waals surface area contributed by atoms with E-state index in [1.54, 1.807) is 10.9 Å². The number of aryl methyl sites for hydroxylation is 1. The Hall–Kier alpha value is -3.10. The van der Waals surface area contributed by atoms with E-state index in [0.29, 0.717) is 12.5 Å². The number of aromatic nitrogens is 2. The number of alkyl halides is 3. The lowest BCUT2D eigenvalue weighted by Gasteiger charge is -2.58. The number of nitrogens with one attached hydrogen (secondary N) is 1. The fourth-order valence-electron chi connectivity index (χ4n) is 6.18. The summed E-state index contributed by atoms with van der Waals surface area (Å²) in [7, 11) is 1.85. The van der Waals surface area contributed by atoms with Crippen LogP contribution < -0.4 is 5.32 Å². The second kappa shape index (κ2) is 10.2. The zero-order chi connectivity index (χ0) is 27.1. The van der Waals surface area contributed by atoms with Crippen molar-refractivity contribution in [2.75, 3.05) is 13.1 Å². The van der Waals surface area contributed by atoms with Crippen LogP contribution in [0.2, 0.25) is 5.02 Å². The number of carbonyl (C=O) groups is 1. The van der Waals surface area contributed by atoms with Crippen molar-refractivity contribution in [3.63, 3.8) is 0 Å². The molecule has 2 aliphatic heterocycles. The van der Waals surface area contributed by atoms with Crippen molar-refractivity contribution in [2.45, 2.75) is 43.4 Å². The molecule has 1 amide bonds. The topological polar surface area (TPSA) is 50.2 Å². The number of benzene rings is 2. The Labute approximate surface area is 225 Å². The Morgan fingerprint density at radius 3 is 2.63 bits per heavy atom. The monoisotopic (exact) mass is 542 g/mol. The van der Waals surface area contributed by atoms with E-state index >= 15 is 0 Å². The maximum absolute atomic E-state index is 13.6. The van der Waals surface area contributed by atoms with Gasteiger partial charge in [-0.25, -0.2) is 0 Å². The third kappa shape index (κ3) is 4.87. The van der Waals surface area contributed by atoms with Crippen LogP contribution >= 0.6 is 11.6 Å². The number of hydrogen-bond acceptors (Lipinski definition) is 3. The van der Waals surface area contributed by atoms with Gasteiger partial charge < -0.3 is 5.32 Å². The van der Waals surface area contributed by atoms with E-state index in [4.69, 9.17) is 11.6 Å². The summed E-state index contributed by atoms with van der Waals surface area (Å²) in [6, 6.07) is 10.9. The second-order valence-corrected chi connectivity index (χ2v) is 10.7. The van der Waals surface area contributed by atoms with Crippen LogP contribution in [0.25, 0.3) is 11.1 Å². The average molecular weight is 543 g/mol. The van der Waals surface area contributed by atoms with Crippen molar-refractivity contribution < 1.29 is 18.0 Å². The lowest BCUT2D eigenvalue weighted by molar-refractivity contribution is -0.137. The lowest BCUT2D eigenvalue weighted by Crippen LogP contribution is -2.64. The lowest BCUT2D eigenvalue weighted by atomic mass is 9.65. The fraction of sp³-hybridized carbons (Fsp3) is 0.379. The summed E-state index contributed by atoms with van der Waals surface area (Å²) >= 11 is 6.15. The molecule has 1 N–H and O–H groups in total. The Morgan fingerprint density at radius 2 is 1.97 bits per heavy atom. The van der Waals surface area contributed by atoms with Gasteiger partial charge in [0.05, 0.1) is 28.4 Å². The van der Waals surface area contributed by atoms with Gasteiger partial charge in [0.1, 0.15) is 0 Å². The van der Waals surface area contributed by atoms with Gasteiger partial charge in [-0.05, 0) is 60.9 Å². The van der Waals surface area contributed by atoms with Crippen LogP contribution in [0.1, 0.15) is 53.2 Å². The molecule has 1 saturated carbocycles. The molecule has 6 rings (SSSR count). The minimum Gasteiger partial charge on any atom is -0.343 e. The van der Waals surface area contributed by atoms with Gasteiger partial charge in [-0.2, -0.15) is 18.3 Å². The van der Waals surface area contributed by atoms with Gasteiger partial charge in [0.2, 0.25) is 0 Å². The Balaban J connectivity index is 1.59. The molecule has 3 heterocycles. The number of fused-ring (bicyclic) bond motifs is 3. The Morgan fingerprint density at radius 1 is 1.24 bits per heavy atom. The molecule has 0 radical (unpaired) electrons. The standard InChI is InChI=1S/C29H30ClF3N4O/c1-3-14-37-17-19-10-12-28(37,13-11-19)26(21-7-4-6-20(15-21)22-16-34-36(2)18-22)35-27(38)23-8-5-9-24(25(23)30)29(31,32)33/h3-9,15-16,18-19,26H,1,10-14,17H2,2H3,(H,35,38)/t19?,26-,28?/m0/s1. The van der Waals surface area contributed by atoms with Crippen molar-refractivity contribution in [2.24, 2.45) is 13.0 Å². The molecule has 9 heteroatoms. The third-order valence-electron chi connectivity index (χ3n) is 8.05. The van der Waals surface area contributed by atoms with Crippen LogP contribution in [-0.4, -0.2) is 39.2 Å². The van der Waals surface area contributed by atoms with Crippen molar-refractivity contribution in [3.8, 4) is 11.1 Å². The normalized spacial score (nSPS) is 22.3. The van der Waals surface area contributed by atoms with E-state index in [9.17, 15) is 18.0 Å². The highest BCUT2D eigenvalue weighted by Gasteiger charge is 2.51. The summed E-state index contributed by atoms with van der Waals surface area (Å²) in [5.74, 6) is -0.0358. The van der Waals surface area contributed by atoms with E-state index in [1.807, 2.05) is 43.6 Å². The predicted octanol–water partition coefficient (Wildman–Crippen LogP) is 6.66. The van der Waals surface area contributed by atoms with Crippen molar-refractivity contribution in [3.05, 3.63) is 89.2 Å². The summed E-state index contributed by atoms with van der Waals surface area (Å²) in [5, 5.41) is 6.83. The van der Waals surface area contributed by atoms with Crippen LogP contribution in [0, 0.1) is 5.92 Å². The second-order valence-electron chi connectivity index (χ2n) is 10.3. The molecule has 2 aromatic carbocycles. The molecule has 5 nitrogen and oxygen atoms in total. The summed E-state index contributed by atoms with van der Waals surface area (Å²) in [4.78, 5) is 16.0. The van der Waals surface area contributed by atoms with E-state index in [1.165, 1.54) is 12.1 Å². The quantitative estimate of drug-likeness (QED) is 0.340. The number of hydrogen-bond donors (Lipinski definition) is 1. The fourth-order valence-corrected chi connectivity index (χ4v) is 6.50. The number of carbonyl (C=O) groups excluding carboxylic acids is 1. The molecule has 0 unspecified atom stereocenters. The number of halogens is 4. The number of nitrogens with zero attached hydrogens (tertiary/aromatic N) is 3. The first-order valence-corrected chi connectivity index (χ1v) is 13.1. The van der Waals surface area contributed by atoms with Gasteiger partial charge in [-0.15, -0.1) is 6.58 Å². The smallest absolute Gasteiger partial charge is 0.343 e. The highest BCUT2D eigenvalue weighted by atomic mass is 35.5. The van der Waals surface area contributed by atoms with Crippen LogP contribution in [0.15, 0.2) is 67.5 Å². The molecule has 1 aromatic heterocycles. The maximum Gasteiger partial charge on any atom is 0.417 e. The summed E-state index contributed by atoms with van der Waals surface area (Å²) in [5.41, 5.74) is 1.16. The Kier molecular flexibility index (Phi) is 7.13. The minimum absolute atomic E-state index is 0.189. The van der Waals surface area contributed by atoms with E-state index in [2.05, 4.69) is 21.9 Å². The zero-order valence-electron chi connectivity index (χ0n) is 21.1. The molecule has 200 valence electrons. The molecule has 3 aliphatic rings. The molecule has 1 aliphatic carbocycles. The molecule has 38 heavy (non-hydrogen) atoms. The highest BCUT2D eigenvalue weighted by Crippen LogP contribution is 2.50. The van der Waals surface area contributed by atoms with Crippen molar-refractivity contribution in [1.82, 2.24) is 20.0 Å². The molecule has 0 spiro atoms. The summed E-state index contributed by atoms with van der Waals surface area (Å²) in [6.07, 6.45) is 4.71. The van der Waals surface area contributed by atoms with Gasteiger partial charge in [0, 0.05) is 37.4 Å². The largest absolute Gasteiger partial charge is 0.417 e. The number of rotatable bonds is 7. The van der Waals surface area contributed by atoms with E-state index in [0.717, 1.165) is 55.0 Å². The van der Waals surface area contributed by atoms with Gasteiger partial charge in [0.25, 0.3) is 5.91 Å². The first-order chi connectivity index (χ1) is 18.1. The van der Waals surface area contributed by atoms with Crippen molar-refractivity contribution in [1.29, 1.82) is 0 Å². The highest BCUT2D eigenvalue weighted by molar-refractivity contribution is 6.34. The summed E-state index contributed by atoms with van der Waals surface area (Å²) in [6.45, 7) is 5.50. The molecular weight excluding hydrogens is 513 g/mol. The van der Waals surface area contributed by atoms with Crippen LogP contribution in [0.5, 0.6) is 0 Å². The van der Waals surface area contributed by atoms with Crippen LogP contribution in [-0.2, 0) is 13.2 Å². The summed E-state index contributed by atoms with van der Waals surface area (Å²) < 4.78 is 42.3.